The Morgan fingerprint density at radius 3 is 2.57 bits per heavy atom. The highest BCUT2D eigenvalue weighted by molar-refractivity contribution is 7.16. The average molecular weight is 405 g/mol. The second kappa shape index (κ2) is 6.05. The second-order valence-electron chi connectivity index (χ2n) is 9.63. The van der Waals surface area contributed by atoms with Crippen LogP contribution in [0.25, 0.3) is 16.7 Å². The molecule has 0 spiro atoms. The maximum atomic E-state index is 6.10. The molecule has 0 fully saturated rings. The fourth-order valence-electron chi connectivity index (χ4n) is 4.83. The Morgan fingerprint density at radius 1 is 1.00 bits per heavy atom. The lowest BCUT2D eigenvalue weighted by Crippen LogP contribution is -2.26. The smallest absolute Gasteiger partial charge is 0.188 e. The van der Waals surface area contributed by atoms with Gasteiger partial charge in [0.1, 0.15) is 13.8 Å². The number of fused-ring (bicyclic) bond motifs is 5. The van der Waals surface area contributed by atoms with Crippen molar-refractivity contribution in [2.24, 2.45) is 0 Å². The molecule has 0 unspecified atom stereocenters. The van der Waals surface area contributed by atoms with Crippen LogP contribution in [0.3, 0.4) is 0 Å². The first-order chi connectivity index (χ1) is 13.3. The Morgan fingerprint density at radius 2 is 1.79 bits per heavy atom. The number of benzene rings is 2. The van der Waals surface area contributed by atoms with E-state index in [0.717, 1.165) is 18.6 Å². The van der Waals surface area contributed by atoms with Gasteiger partial charge in [-0.1, -0.05) is 48.6 Å². The molecule has 0 saturated carbocycles. The first kappa shape index (κ1) is 18.2. The largest absolute Gasteiger partial charge is 0.468 e. The zero-order valence-electron chi connectivity index (χ0n) is 17.5. The second-order valence-corrected chi connectivity index (χ2v) is 18.4. The molecule has 28 heavy (non-hydrogen) atoms. The molecule has 1 aliphatic heterocycles. The van der Waals surface area contributed by atoms with E-state index in [2.05, 4.69) is 75.2 Å². The van der Waals surface area contributed by atoms with Crippen molar-refractivity contribution in [3.63, 3.8) is 0 Å². The highest BCUT2D eigenvalue weighted by Crippen LogP contribution is 2.43. The Hall–Kier alpha value is -1.89. The summed E-state index contributed by atoms with van der Waals surface area (Å²) in [5, 5.41) is 3.36. The van der Waals surface area contributed by atoms with Crippen molar-refractivity contribution in [3.05, 3.63) is 64.9 Å². The average Bonchev–Trinajstić information content (AvgIpc) is 2.98. The molecule has 2 aliphatic carbocycles. The summed E-state index contributed by atoms with van der Waals surface area (Å²) in [6, 6.07) is 11.4. The molecule has 1 heterocycles. The van der Waals surface area contributed by atoms with Crippen LogP contribution >= 0.6 is 0 Å². The summed E-state index contributed by atoms with van der Waals surface area (Å²) >= 11 is 0. The molecule has 0 bridgehead atoms. The van der Waals surface area contributed by atoms with E-state index >= 15 is 0 Å². The minimum atomic E-state index is -1.57. The number of rotatable bonds is 5. The van der Waals surface area contributed by atoms with Gasteiger partial charge in [-0.15, -0.1) is 0 Å². The number of hydrogen-bond donors (Lipinski definition) is 0. The van der Waals surface area contributed by atoms with E-state index in [1.165, 1.54) is 27.8 Å². The van der Waals surface area contributed by atoms with Crippen LogP contribution in [0.1, 0.15) is 23.1 Å². The molecule has 4 heteroatoms. The van der Waals surface area contributed by atoms with E-state index < -0.39 is 16.4 Å². The quantitative estimate of drug-likeness (QED) is 0.445. The molecule has 0 N–H and O–H groups in total. The Labute approximate surface area is 170 Å². The van der Waals surface area contributed by atoms with Gasteiger partial charge in [0.05, 0.1) is 0 Å². The molecule has 144 valence electrons. The van der Waals surface area contributed by atoms with Crippen LogP contribution in [0.5, 0.6) is 0 Å². The predicted octanol–water partition coefficient (Wildman–Crippen LogP) is 4.89. The number of allylic oxidation sites excluding steroid dienone is 3. The molecule has 5 rings (SSSR count). The van der Waals surface area contributed by atoms with Gasteiger partial charge in [0.15, 0.2) is 15.1 Å². The van der Waals surface area contributed by atoms with E-state index in [1.807, 2.05) is 0 Å². The third-order valence-corrected chi connectivity index (χ3v) is 10.5. The van der Waals surface area contributed by atoms with Crippen molar-refractivity contribution in [1.29, 1.82) is 0 Å². The summed E-state index contributed by atoms with van der Waals surface area (Å²) in [5.41, 5.74) is 8.75. The Kier molecular flexibility index (Phi) is 3.93. The Bertz CT molecular complexity index is 1060. The minimum Gasteiger partial charge on any atom is -0.468 e. The third kappa shape index (κ3) is 2.78. The standard InChI is InChI=1S/C24H28O2Si2/c1-27(2,3)26-15-25-22-12-8-11-18(22)21-14-19-17-10-7-6-9-16(17)13-20(19)23-24(21)28(23,4)5/h6-10,12,14H,11,13,15H2,1-5H3. The van der Waals surface area contributed by atoms with Crippen LogP contribution in [0.4, 0.5) is 0 Å². The molecule has 2 aromatic rings. The summed E-state index contributed by atoms with van der Waals surface area (Å²) in [7, 11) is -3.01. The van der Waals surface area contributed by atoms with Crippen molar-refractivity contribution < 1.29 is 9.16 Å². The van der Waals surface area contributed by atoms with Crippen LogP contribution < -0.4 is 10.4 Å². The summed E-state index contributed by atoms with van der Waals surface area (Å²) in [5.74, 6) is 1.00. The van der Waals surface area contributed by atoms with Crippen LogP contribution in [-0.4, -0.2) is 23.2 Å². The molecule has 0 amide bonds. The molecule has 0 saturated heterocycles. The van der Waals surface area contributed by atoms with Crippen molar-refractivity contribution in [1.82, 2.24) is 0 Å². The van der Waals surface area contributed by atoms with Crippen LogP contribution in [0, 0.1) is 0 Å². The maximum Gasteiger partial charge on any atom is 0.188 e. The third-order valence-electron chi connectivity index (χ3n) is 6.22. The van der Waals surface area contributed by atoms with E-state index in [9.17, 15) is 0 Å². The van der Waals surface area contributed by atoms with Crippen molar-refractivity contribution in [2.45, 2.75) is 45.6 Å². The maximum absolute atomic E-state index is 6.10. The van der Waals surface area contributed by atoms with Gasteiger partial charge in [-0.2, -0.15) is 0 Å². The topological polar surface area (TPSA) is 18.5 Å². The van der Waals surface area contributed by atoms with E-state index in [0.29, 0.717) is 6.79 Å². The Balaban J connectivity index is 1.56. The lowest BCUT2D eigenvalue weighted by Gasteiger charge is -2.18. The lowest BCUT2D eigenvalue weighted by molar-refractivity contribution is 0.0628. The van der Waals surface area contributed by atoms with Crippen LogP contribution in [0.2, 0.25) is 32.7 Å². The fourth-order valence-corrected chi connectivity index (χ4v) is 9.09. The fraction of sp³-hybridized carbons (Fsp3) is 0.333. The monoisotopic (exact) mass is 404 g/mol. The molecular weight excluding hydrogens is 376 g/mol. The van der Waals surface area contributed by atoms with Gasteiger partial charge in [-0.3, -0.25) is 0 Å². The summed E-state index contributed by atoms with van der Waals surface area (Å²) in [6.07, 6.45) is 6.42. The van der Waals surface area contributed by atoms with Gasteiger partial charge in [0, 0.05) is 5.57 Å². The summed E-state index contributed by atoms with van der Waals surface area (Å²) in [4.78, 5) is 0. The first-order valence-corrected chi connectivity index (χ1v) is 16.6. The van der Waals surface area contributed by atoms with E-state index in [1.54, 1.807) is 15.9 Å². The van der Waals surface area contributed by atoms with E-state index in [4.69, 9.17) is 9.16 Å². The molecule has 0 aromatic heterocycles. The normalized spacial score (nSPS) is 18.2. The highest BCUT2D eigenvalue weighted by atomic mass is 28.4. The van der Waals surface area contributed by atoms with Crippen molar-refractivity contribution in [3.8, 4) is 11.1 Å². The van der Waals surface area contributed by atoms with Crippen molar-refractivity contribution >= 4 is 32.3 Å². The molecular formula is C24H28O2Si2. The van der Waals surface area contributed by atoms with Gasteiger partial charge in [-0.05, 0) is 77.6 Å². The van der Waals surface area contributed by atoms with Crippen molar-refractivity contribution in [2.75, 3.05) is 6.79 Å². The molecule has 2 aromatic carbocycles. The van der Waals surface area contributed by atoms with Gasteiger partial charge in [0.2, 0.25) is 0 Å². The zero-order valence-corrected chi connectivity index (χ0v) is 19.5. The molecule has 0 atom stereocenters. The molecule has 2 nitrogen and oxygen atoms in total. The predicted molar refractivity (Wildman–Crippen MR) is 122 cm³/mol. The van der Waals surface area contributed by atoms with Gasteiger partial charge in [-0.25, -0.2) is 0 Å². The SMILES string of the molecule is C[Si](C)(C)OCOC1=C(c2cc3c(c4c2[Si]4(C)C)Cc2ccccc2-3)CC=C1. The first-order valence-electron chi connectivity index (χ1n) is 10.2. The summed E-state index contributed by atoms with van der Waals surface area (Å²) in [6.45, 7) is 11.9. The van der Waals surface area contributed by atoms with Crippen LogP contribution in [-0.2, 0) is 15.6 Å². The molecule has 3 aliphatic rings. The highest BCUT2D eigenvalue weighted by Gasteiger charge is 2.50. The van der Waals surface area contributed by atoms with Gasteiger partial charge in [0.25, 0.3) is 0 Å². The minimum absolute atomic E-state index is 0.357. The zero-order chi connectivity index (χ0) is 19.7. The molecule has 0 radical (unpaired) electrons. The van der Waals surface area contributed by atoms with Gasteiger partial charge >= 0.3 is 0 Å². The number of hydrogen-bond acceptors (Lipinski definition) is 2. The lowest BCUT2D eigenvalue weighted by atomic mass is 9.98. The van der Waals surface area contributed by atoms with E-state index in [-0.39, 0.29) is 0 Å². The number of ether oxygens (including phenoxy) is 1. The van der Waals surface area contributed by atoms with Gasteiger partial charge < -0.3 is 9.16 Å². The summed E-state index contributed by atoms with van der Waals surface area (Å²) < 4.78 is 12.0. The van der Waals surface area contributed by atoms with Crippen LogP contribution in [0.15, 0.2) is 48.2 Å².